The molecule has 3 atom stereocenters. The van der Waals surface area contributed by atoms with Crippen LogP contribution < -0.4 is 5.32 Å². The van der Waals surface area contributed by atoms with E-state index < -0.39 is 0 Å². The van der Waals surface area contributed by atoms with E-state index in [1.165, 1.54) is 64.7 Å². The van der Waals surface area contributed by atoms with Crippen LogP contribution in [-0.4, -0.2) is 37.1 Å². The van der Waals surface area contributed by atoms with Gasteiger partial charge in [-0.25, -0.2) is 0 Å². The van der Waals surface area contributed by atoms with Crippen molar-refractivity contribution in [3.05, 3.63) is 0 Å². The molecule has 1 N–H and O–H groups in total. The van der Waals surface area contributed by atoms with Crippen LogP contribution in [0, 0.1) is 17.8 Å². The zero-order chi connectivity index (χ0) is 11.7. The number of piperazine rings is 1. The summed E-state index contributed by atoms with van der Waals surface area (Å²) in [5.74, 6) is 3.02. The van der Waals surface area contributed by atoms with Gasteiger partial charge in [0, 0.05) is 32.2 Å². The Hall–Kier alpha value is -0.0800. The molecule has 0 radical (unpaired) electrons. The first-order chi connectivity index (χ1) is 8.33. The van der Waals surface area contributed by atoms with E-state index in [2.05, 4.69) is 17.1 Å². The van der Waals surface area contributed by atoms with Crippen molar-refractivity contribution < 1.29 is 0 Å². The molecule has 0 amide bonds. The van der Waals surface area contributed by atoms with Gasteiger partial charge in [-0.15, -0.1) is 0 Å². The van der Waals surface area contributed by atoms with Gasteiger partial charge in [0.2, 0.25) is 0 Å². The Balaban J connectivity index is 1.48. The van der Waals surface area contributed by atoms with Gasteiger partial charge in [0.1, 0.15) is 0 Å². The molecule has 3 unspecified atom stereocenters. The summed E-state index contributed by atoms with van der Waals surface area (Å²) in [6, 6.07) is 0.804. The van der Waals surface area contributed by atoms with Crippen LogP contribution in [-0.2, 0) is 0 Å². The Morgan fingerprint density at radius 2 is 1.94 bits per heavy atom. The zero-order valence-corrected chi connectivity index (χ0v) is 11.3. The first kappa shape index (κ1) is 12.0. The van der Waals surface area contributed by atoms with Crippen molar-refractivity contribution in [1.29, 1.82) is 0 Å². The molecule has 0 aromatic heterocycles. The molecule has 2 heteroatoms. The summed E-state index contributed by atoms with van der Waals surface area (Å²) in [6.07, 6.45) is 8.87. The van der Waals surface area contributed by atoms with E-state index in [-0.39, 0.29) is 0 Å². The fraction of sp³-hybridized carbons (Fsp3) is 1.00. The molecule has 0 spiro atoms. The molecule has 2 saturated carbocycles. The van der Waals surface area contributed by atoms with Gasteiger partial charge in [0.25, 0.3) is 0 Å². The third-order valence-electron chi connectivity index (χ3n) is 5.28. The largest absolute Gasteiger partial charge is 0.311 e. The van der Waals surface area contributed by atoms with Gasteiger partial charge >= 0.3 is 0 Å². The third-order valence-corrected chi connectivity index (χ3v) is 5.28. The van der Waals surface area contributed by atoms with Crippen molar-refractivity contribution in [2.24, 2.45) is 17.8 Å². The van der Waals surface area contributed by atoms with Gasteiger partial charge in [-0.1, -0.05) is 26.2 Å². The highest BCUT2D eigenvalue weighted by molar-refractivity contribution is 4.90. The molecule has 1 heterocycles. The fourth-order valence-electron chi connectivity index (χ4n) is 3.85. The van der Waals surface area contributed by atoms with Crippen LogP contribution in [0.5, 0.6) is 0 Å². The van der Waals surface area contributed by atoms with E-state index in [4.69, 9.17) is 0 Å². The molecular weight excluding hydrogens is 208 g/mol. The minimum atomic E-state index is 0.804. The molecule has 0 bridgehead atoms. The molecular formula is C15H28N2. The van der Waals surface area contributed by atoms with Gasteiger partial charge in [-0.05, 0) is 37.0 Å². The van der Waals surface area contributed by atoms with Crippen molar-refractivity contribution in [1.82, 2.24) is 10.2 Å². The quantitative estimate of drug-likeness (QED) is 0.810. The number of nitrogens with zero attached hydrogens (tertiary/aromatic N) is 1. The number of hydrogen-bond acceptors (Lipinski definition) is 2. The maximum absolute atomic E-state index is 3.78. The highest BCUT2D eigenvalue weighted by atomic mass is 15.2. The van der Waals surface area contributed by atoms with Gasteiger partial charge in [-0.3, -0.25) is 0 Å². The molecule has 2 aliphatic carbocycles. The number of nitrogens with one attached hydrogen (secondary N) is 1. The van der Waals surface area contributed by atoms with Crippen molar-refractivity contribution in [2.45, 2.75) is 51.5 Å². The van der Waals surface area contributed by atoms with Crippen LogP contribution >= 0.6 is 0 Å². The molecule has 2 nitrogen and oxygen atoms in total. The maximum atomic E-state index is 3.78. The summed E-state index contributed by atoms with van der Waals surface area (Å²) < 4.78 is 0. The molecule has 1 saturated heterocycles. The lowest BCUT2D eigenvalue weighted by atomic mass is 9.83. The van der Waals surface area contributed by atoms with Crippen LogP contribution in [0.3, 0.4) is 0 Å². The second kappa shape index (κ2) is 5.27. The lowest BCUT2D eigenvalue weighted by Crippen LogP contribution is -2.54. The molecule has 1 aliphatic heterocycles. The van der Waals surface area contributed by atoms with E-state index >= 15 is 0 Å². The minimum absolute atomic E-state index is 0.804. The fourth-order valence-corrected chi connectivity index (χ4v) is 3.85. The third kappa shape index (κ3) is 3.03. The van der Waals surface area contributed by atoms with Gasteiger partial charge in [0.05, 0.1) is 0 Å². The summed E-state index contributed by atoms with van der Waals surface area (Å²) in [7, 11) is 0. The van der Waals surface area contributed by atoms with E-state index in [0.717, 1.165) is 23.8 Å². The van der Waals surface area contributed by atoms with E-state index in [1.54, 1.807) is 0 Å². The summed E-state index contributed by atoms with van der Waals surface area (Å²) in [4.78, 5) is 2.74. The van der Waals surface area contributed by atoms with Gasteiger partial charge in [-0.2, -0.15) is 0 Å². The summed E-state index contributed by atoms with van der Waals surface area (Å²) >= 11 is 0. The average Bonchev–Trinajstić information content (AvgIpc) is 3.06. The lowest BCUT2D eigenvalue weighted by Gasteiger charge is -2.39. The van der Waals surface area contributed by atoms with Crippen LogP contribution in [0.25, 0.3) is 0 Å². The van der Waals surface area contributed by atoms with Crippen molar-refractivity contribution in [3.8, 4) is 0 Å². The lowest BCUT2D eigenvalue weighted by molar-refractivity contribution is 0.141. The van der Waals surface area contributed by atoms with Crippen molar-refractivity contribution >= 4 is 0 Å². The molecule has 0 aromatic carbocycles. The molecule has 3 aliphatic rings. The Kier molecular flexibility index (Phi) is 3.72. The maximum Gasteiger partial charge on any atom is 0.0223 e. The van der Waals surface area contributed by atoms with Crippen LogP contribution in [0.2, 0.25) is 0 Å². The van der Waals surface area contributed by atoms with Crippen molar-refractivity contribution in [2.75, 3.05) is 26.2 Å². The molecule has 3 rings (SSSR count). The van der Waals surface area contributed by atoms with Gasteiger partial charge < -0.3 is 10.2 Å². The normalized spacial score (nSPS) is 40.4. The van der Waals surface area contributed by atoms with Crippen LogP contribution in [0.15, 0.2) is 0 Å². The molecule has 0 aromatic rings. The highest BCUT2D eigenvalue weighted by Gasteiger charge is 2.36. The Morgan fingerprint density at radius 1 is 1.18 bits per heavy atom. The van der Waals surface area contributed by atoms with E-state index in [9.17, 15) is 0 Å². The number of rotatable bonds is 3. The summed E-state index contributed by atoms with van der Waals surface area (Å²) in [5.41, 5.74) is 0. The molecule has 98 valence electrons. The van der Waals surface area contributed by atoms with Gasteiger partial charge in [0.15, 0.2) is 0 Å². The number of hydrogen-bond donors (Lipinski definition) is 1. The monoisotopic (exact) mass is 236 g/mol. The van der Waals surface area contributed by atoms with Crippen LogP contribution in [0.1, 0.15) is 45.4 Å². The Morgan fingerprint density at radius 3 is 2.65 bits per heavy atom. The smallest absolute Gasteiger partial charge is 0.0223 e. The predicted octanol–water partition coefficient (Wildman–Crippen LogP) is 2.50. The first-order valence-corrected chi connectivity index (χ1v) is 7.78. The second-order valence-electron chi connectivity index (χ2n) is 6.69. The molecule has 3 fully saturated rings. The standard InChI is InChI=1S/C15H28N2/c1-12-9-14(12)10-17-8-7-16-15(11-17)13-5-3-2-4-6-13/h12-16H,2-11H2,1H3. The zero-order valence-electron chi connectivity index (χ0n) is 11.3. The summed E-state index contributed by atoms with van der Waals surface area (Å²) in [5, 5.41) is 3.78. The molecule has 17 heavy (non-hydrogen) atoms. The average molecular weight is 236 g/mol. The van der Waals surface area contributed by atoms with Crippen molar-refractivity contribution in [3.63, 3.8) is 0 Å². The SMILES string of the molecule is CC1CC1CN1CCNC(C2CCCCC2)C1. The topological polar surface area (TPSA) is 15.3 Å². The predicted molar refractivity (Wildman–Crippen MR) is 72.1 cm³/mol. The minimum Gasteiger partial charge on any atom is -0.311 e. The van der Waals surface area contributed by atoms with E-state index in [0.29, 0.717) is 0 Å². The Bertz CT molecular complexity index is 247. The Labute approximate surface area is 106 Å². The highest BCUT2D eigenvalue weighted by Crippen LogP contribution is 2.38. The van der Waals surface area contributed by atoms with Crippen LogP contribution in [0.4, 0.5) is 0 Å². The summed E-state index contributed by atoms with van der Waals surface area (Å²) in [6.45, 7) is 7.63. The second-order valence-corrected chi connectivity index (χ2v) is 6.69. The van der Waals surface area contributed by atoms with E-state index in [1.807, 2.05) is 0 Å². The first-order valence-electron chi connectivity index (χ1n) is 7.78.